The first-order valence-electron chi connectivity index (χ1n) is 7.17. The second-order valence-corrected chi connectivity index (χ2v) is 5.72. The average molecular weight is 277 g/mol. The van der Waals surface area contributed by atoms with Crippen molar-refractivity contribution in [3.8, 4) is 5.75 Å². The molecule has 2 unspecified atom stereocenters. The highest BCUT2D eigenvalue weighted by Crippen LogP contribution is 2.33. The average Bonchev–Trinajstić information content (AvgIpc) is 2.45. The van der Waals surface area contributed by atoms with Gasteiger partial charge in [-0.15, -0.1) is 0 Å². The first kappa shape index (κ1) is 14.7. The number of hydrogen-bond acceptors (Lipinski definition) is 3. The van der Waals surface area contributed by atoms with Crippen LogP contribution in [0.3, 0.4) is 0 Å². The van der Waals surface area contributed by atoms with Crippen LogP contribution in [0.15, 0.2) is 18.2 Å². The maximum atomic E-state index is 11.4. The number of anilines is 1. The topological polar surface area (TPSA) is 49.8 Å². The summed E-state index contributed by atoms with van der Waals surface area (Å²) in [7, 11) is 3.59. The number of hydrogen-bond donors (Lipinski definition) is 1. The molecule has 0 aromatic heterocycles. The molecular weight excluding hydrogens is 254 g/mol. The van der Waals surface area contributed by atoms with Crippen molar-refractivity contribution in [2.75, 3.05) is 19.1 Å². The van der Waals surface area contributed by atoms with Crippen LogP contribution in [0, 0.1) is 5.92 Å². The molecule has 0 spiro atoms. The van der Waals surface area contributed by atoms with Crippen LogP contribution in [0.5, 0.6) is 5.75 Å². The number of ether oxygens (including phenoxy) is 1. The van der Waals surface area contributed by atoms with E-state index in [2.05, 4.69) is 11.8 Å². The van der Waals surface area contributed by atoms with E-state index in [9.17, 15) is 9.90 Å². The Bertz CT molecular complexity index is 487. The minimum Gasteiger partial charge on any atom is -0.497 e. The summed E-state index contributed by atoms with van der Waals surface area (Å²) in [6.07, 6.45) is 4.72. The maximum Gasteiger partial charge on any atom is 0.337 e. The van der Waals surface area contributed by atoms with E-state index in [-0.39, 0.29) is 0 Å². The van der Waals surface area contributed by atoms with Crippen molar-refractivity contribution in [2.24, 2.45) is 5.92 Å². The molecule has 0 radical (unpaired) electrons. The number of benzene rings is 1. The number of carbonyl (C=O) groups is 1. The Morgan fingerprint density at radius 3 is 2.75 bits per heavy atom. The number of carboxylic acids is 1. The third kappa shape index (κ3) is 3.06. The normalized spacial score (nSPS) is 22.4. The van der Waals surface area contributed by atoms with Crippen LogP contribution < -0.4 is 9.64 Å². The molecule has 0 saturated heterocycles. The third-order valence-corrected chi connectivity index (χ3v) is 4.27. The standard InChI is InChI=1S/C16H23NO3/c1-11-5-4-6-12(9-11)17(2)15-10-13(20-3)7-8-14(15)16(18)19/h7-8,10-12H,4-6,9H2,1-3H3,(H,18,19). The minimum atomic E-state index is -0.890. The van der Waals surface area contributed by atoms with Crippen LogP contribution in [0.2, 0.25) is 0 Å². The summed E-state index contributed by atoms with van der Waals surface area (Å²) in [6.45, 7) is 2.27. The highest BCUT2D eigenvalue weighted by atomic mass is 16.5. The van der Waals surface area contributed by atoms with Crippen molar-refractivity contribution in [3.05, 3.63) is 23.8 Å². The summed E-state index contributed by atoms with van der Waals surface area (Å²) in [6, 6.07) is 5.55. The summed E-state index contributed by atoms with van der Waals surface area (Å²) >= 11 is 0. The lowest BCUT2D eigenvalue weighted by Crippen LogP contribution is -2.36. The summed E-state index contributed by atoms with van der Waals surface area (Å²) in [4.78, 5) is 13.5. The van der Waals surface area contributed by atoms with Gasteiger partial charge in [0.05, 0.1) is 18.4 Å². The number of rotatable bonds is 4. The third-order valence-electron chi connectivity index (χ3n) is 4.27. The van der Waals surface area contributed by atoms with Crippen LogP contribution in [0.4, 0.5) is 5.69 Å². The lowest BCUT2D eigenvalue weighted by Gasteiger charge is -2.36. The quantitative estimate of drug-likeness (QED) is 0.916. The first-order chi connectivity index (χ1) is 9.52. The Hall–Kier alpha value is -1.71. The van der Waals surface area contributed by atoms with E-state index in [0.717, 1.165) is 18.5 Å². The molecule has 1 fully saturated rings. The lowest BCUT2D eigenvalue weighted by atomic mass is 9.86. The van der Waals surface area contributed by atoms with Gasteiger partial charge in [0.15, 0.2) is 0 Å². The van der Waals surface area contributed by atoms with Crippen molar-refractivity contribution in [2.45, 2.75) is 38.6 Å². The van der Waals surface area contributed by atoms with Crippen molar-refractivity contribution >= 4 is 11.7 Å². The lowest BCUT2D eigenvalue weighted by molar-refractivity contribution is 0.0697. The molecule has 0 aliphatic heterocycles. The number of aromatic carboxylic acids is 1. The van der Waals surface area contributed by atoms with Crippen LogP contribution in [0.1, 0.15) is 43.0 Å². The van der Waals surface area contributed by atoms with Gasteiger partial charge in [-0.1, -0.05) is 19.8 Å². The van der Waals surface area contributed by atoms with Gasteiger partial charge >= 0.3 is 5.97 Å². The van der Waals surface area contributed by atoms with Crippen LogP contribution in [0.25, 0.3) is 0 Å². The SMILES string of the molecule is COc1ccc(C(=O)O)c(N(C)C2CCCC(C)C2)c1. The molecule has 1 aromatic carbocycles. The molecule has 0 amide bonds. The molecule has 20 heavy (non-hydrogen) atoms. The molecule has 1 N–H and O–H groups in total. The summed E-state index contributed by atoms with van der Waals surface area (Å²) in [5.41, 5.74) is 1.09. The zero-order chi connectivity index (χ0) is 14.7. The van der Waals surface area contributed by atoms with Gasteiger partial charge in [0, 0.05) is 19.2 Å². The summed E-state index contributed by atoms with van der Waals surface area (Å²) in [5, 5.41) is 9.36. The Morgan fingerprint density at radius 1 is 1.40 bits per heavy atom. The molecule has 1 aliphatic carbocycles. The molecule has 2 atom stereocenters. The van der Waals surface area contributed by atoms with Crippen LogP contribution in [-0.2, 0) is 0 Å². The van der Waals surface area contributed by atoms with Crippen molar-refractivity contribution in [1.82, 2.24) is 0 Å². The fourth-order valence-electron chi connectivity index (χ4n) is 3.06. The smallest absolute Gasteiger partial charge is 0.337 e. The van der Waals surface area contributed by atoms with Crippen molar-refractivity contribution in [1.29, 1.82) is 0 Å². The van der Waals surface area contributed by atoms with Crippen molar-refractivity contribution in [3.63, 3.8) is 0 Å². The Kier molecular flexibility index (Phi) is 4.53. The predicted molar refractivity (Wildman–Crippen MR) is 79.8 cm³/mol. The molecule has 0 heterocycles. The summed E-state index contributed by atoms with van der Waals surface area (Å²) < 4.78 is 5.23. The van der Waals surface area contributed by atoms with E-state index in [1.54, 1.807) is 19.2 Å². The molecule has 4 heteroatoms. The molecular formula is C16H23NO3. The van der Waals surface area contributed by atoms with Gasteiger partial charge < -0.3 is 14.7 Å². The summed E-state index contributed by atoms with van der Waals surface area (Å²) in [5.74, 6) is 0.508. The predicted octanol–water partition coefficient (Wildman–Crippen LogP) is 3.41. The maximum absolute atomic E-state index is 11.4. The minimum absolute atomic E-state index is 0.339. The van der Waals surface area contributed by atoms with Gasteiger partial charge in [-0.3, -0.25) is 0 Å². The van der Waals surface area contributed by atoms with Gasteiger partial charge in [-0.05, 0) is 30.9 Å². The monoisotopic (exact) mass is 277 g/mol. The Labute approximate surface area is 120 Å². The van der Waals surface area contributed by atoms with Gasteiger partial charge in [0.25, 0.3) is 0 Å². The number of nitrogens with zero attached hydrogens (tertiary/aromatic N) is 1. The fraction of sp³-hybridized carbons (Fsp3) is 0.562. The fourth-order valence-corrected chi connectivity index (χ4v) is 3.06. The first-order valence-corrected chi connectivity index (χ1v) is 7.17. The molecule has 2 rings (SSSR count). The number of methoxy groups -OCH3 is 1. The van der Waals surface area contributed by atoms with E-state index in [1.165, 1.54) is 12.8 Å². The van der Waals surface area contributed by atoms with Gasteiger partial charge in [-0.25, -0.2) is 4.79 Å². The van der Waals surface area contributed by atoms with E-state index in [4.69, 9.17) is 4.74 Å². The highest BCUT2D eigenvalue weighted by Gasteiger charge is 2.25. The van der Waals surface area contributed by atoms with Gasteiger partial charge in [0.1, 0.15) is 5.75 Å². The van der Waals surface area contributed by atoms with Crippen molar-refractivity contribution < 1.29 is 14.6 Å². The van der Waals surface area contributed by atoms with Gasteiger partial charge in [0.2, 0.25) is 0 Å². The molecule has 110 valence electrons. The second kappa shape index (κ2) is 6.16. The second-order valence-electron chi connectivity index (χ2n) is 5.72. The van der Waals surface area contributed by atoms with Gasteiger partial charge in [-0.2, -0.15) is 0 Å². The molecule has 0 bridgehead atoms. The molecule has 1 aliphatic rings. The van der Waals surface area contributed by atoms with E-state index < -0.39 is 5.97 Å². The molecule has 1 saturated carbocycles. The molecule has 1 aromatic rings. The zero-order valence-electron chi connectivity index (χ0n) is 12.4. The Morgan fingerprint density at radius 2 is 2.15 bits per heavy atom. The van der Waals surface area contributed by atoms with Crippen LogP contribution in [-0.4, -0.2) is 31.3 Å². The van der Waals surface area contributed by atoms with E-state index in [1.807, 2.05) is 13.1 Å². The Balaban J connectivity index is 2.31. The highest BCUT2D eigenvalue weighted by molar-refractivity contribution is 5.94. The molecule has 4 nitrogen and oxygen atoms in total. The largest absolute Gasteiger partial charge is 0.497 e. The van der Waals surface area contributed by atoms with E-state index >= 15 is 0 Å². The van der Waals surface area contributed by atoms with E-state index in [0.29, 0.717) is 23.3 Å². The number of carboxylic acid groups (broad SMARTS) is 1. The van der Waals surface area contributed by atoms with Crippen LogP contribution >= 0.6 is 0 Å². The zero-order valence-corrected chi connectivity index (χ0v) is 12.4.